The van der Waals surface area contributed by atoms with Crippen molar-refractivity contribution < 1.29 is 18.8 Å². The highest BCUT2D eigenvalue weighted by molar-refractivity contribution is 7.99. The van der Waals surface area contributed by atoms with Gasteiger partial charge in [0.2, 0.25) is 17.7 Å². The summed E-state index contributed by atoms with van der Waals surface area (Å²) >= 11 is 6.91. The van der Waals surface area contributed by atoms with Crippen LogP contribution in [0, 0.1) is 5.92 Å². The van der Waals surface area contributed by atoms with E-state index in [1.54, 1.807) is 31.2 Å². The largest absolute Gasteiger partial charge is 0.416 e. The van der Waals surface area contributed by atoms with Gasteiger partial charge in [0.1, 0.15) is 0 Å². The Morgan fingerprint density at radius 2 is 2.10 bits per heavy atom. The lowest BCUT2D eigenvalue weighted by Crippen LogP contribution is -2.59. The third-order valence-corrected chi connectivity index (χ3v) is 5.46. The summed E-state index contributed by atoms with van der Waals surface area (Å²) in [4.78, 5) is 37.7. The van der Waals surface area contributed by atoms with Crippen molar-refractivity contribution in [2.75, 3.05) is 17.6 Å². The van der Waals surface area contributed by atoms with Crippen molar-refractivity contribution >= 4 is 46.9 Å². The zero-order valence-electron chi connectivity index (χ0n) is 16.1. The molecule has 1 aliphatic heterocycles. The number of aromatic nitrogens is 2. The summed E-state index contributed by atoms with van der Waals surface area (Å²) in [5.41, 5.74) is 0.632. The fraction of sp³-hybridized carbons (Fsp3) is 0.316. The van der Waals surface area contributed by atoms with Gasteiger partial charge in [0.15, 0.2) is 0 Å². The number of urea groups is 1. The fourth-order valence-corrected chi connectivity index (χ4v) is 3.58. The number of carbonyl (C=O) groups excluding carboxylic acids is 3. The van der Waals surface area contributed by atoms with Crippen molar-refractivity contribution in [3.05, 3.63) is 47.8 Å². The van der Waals surface area contributed by atoms with Gasteiger partial charge in [0, 0.05) is 29.7 Å². The minimum atomic E-state index is -0.533. The maximum Gasteiger partial charge on any atom is 0.324 e. The number of thioether (sulfide) groups is 1. The van der Waals surface area contributed by atoms with Gasteiger partial charge in [0.25, 0.3) is 5.22 Å². The van der Waals surface area contributed by atoms with Crippen LogP contribution in [-0.2, 0) is 16.0 Å². The van der Waals surface area contributed by atoms with E-state index in [0.29, 0.717) is 10.7 Å². The molecule has 1 aliphatic rings. The van der Waals surface area contributed by atoms with Crippen molar-refractivity contribution in [1.82, 2.24) is 20.4 Å². The van der Waals surface area contributed by atoms with Crippen molar-refractivity contribution in [2.45, 2.75) is 24.6 Å². The highest BCUT2D eigenvalue weighted by Gasteiger charge is 2.39. The molecule has 1 saturated heterocycles. The lowest BCUT2D eigenvalue weighted by molar-refractivity contribution is -0.134. The summed E-state index contributed by atoms with van der Waals surface area (Å²) < 4.78 is 5.56. The summed E-state index contributed by atoms with van der Waals surface area (Å²) in [6, 6.07) is 5.94. The van der Waals surface area contributed by atoms with E-state index < -0.39 is 11.9 Å². The number of nitrogens with one attached hydrogen (secondary N) is 2. The predicted molar refractivity (Wildman–Crippen MR) is 112 cm³/mol. The molecule has 2 atom stereocenters. The van der Waals surface area contributed by atoms with Crippen LogP contribution in [0.2, 0.25) is 5.02 Å². The Kier molecular flexibility index (Phi) is 7.11. The molecular weight excluding hydrogens is 430 g/mol. The van der Waals surface area contributed by atoms with Crippen LogP contribution in [-0.4, -0.2) is 51.3 Å². The predicted octanol–water partition coefficient (Wildman–Crippen LogP) is 2.74. The number of benzene rings is 1. The number of hydrogen-bond acceptors (Lipinski definition) is 7. The Bertz CT molecular complexity index is 949. The Labute approximate surface area is 182 Å². The molecule has 2 aromatic rings. The molecule has 2 unspecified atom stereocenters. The fourth-order valence-electron chi connectivity index (χ4n) is 2.88. The third kappa shape index (κ3) is 5.39. The minimum absolute atomic E-state index is 0.0756. The quantitative estimate of drug-likeness (QED) is 0.470. The van der Waals surface area contributed by atoms with Crippen LogP contribution >= 0.6 is 23.4 Å². The number of anilines is 1. The highest BCUT2D eigenvalue weighted by Crippen LogP contribution is 2.23. The van der Waals surface area contributed by atoms with E-state index in [9.17, 15) is 14.4 Å². The first-order valence-corrected chi connectivity index (χ1v) is 10.5. The van der Waals surface area contributed by atoms with E-state index in [0.717, 1.165) is 16.7 Å². The number of rotatable bonds is 8. The Morgan fingerprint density at radius 3 is 2.80 bits per heavy atom. The Morgan fingerprint density at radius 1 is 1.37 bits per heavy atom. The summed E-state index contributed by atoms with van der Waals surface area (Å²) in [6.45, 7) is 5.44. The third-order valence-electron chi connectivity index (χ3n) is 4.39. The first kappa shape index (κ1) is 21.8. The molecule has 1 aromatic heterocycles. The first-order chi connectivity index (χ1) is 14.4. The number of halogens is 1. The molecule has 1 fully saturated rings. The maximum atomic E-state index is 12.6. The highest BCUT2D eigenvalue weighted by atomic mass is 35.5. The molecule has 9 nitrogen and oxygen atoms in total. The zero-order chi connectivity index (χ0) is 21.7. The Hall–Kier alpha value is -2.85. The molecule has 158 valence electrons. The number of nitrogens with zero attached hydrogens (tertiary/aromatic N) is 3. The lowest BCUT2D eigenvalue weighted by Gasteiger charge is -2.34. The summed E-state index contributed by atoms with van der Waals surface area (Å²) in [6.07, 6.45) is 1.67. The number of hydrogen-bond donors (Lipinski definition) is 2. The van der Waals surface area contributed by atoms with Gasteiger partial charge >= 0.3 is 6.03 Å². The standard InChI is InChI=1S/C19H20ClN5O4S/c1-3-8-25-17(27)14(11(2)21-18(25)28)9-16-23-24-19(29-16)30-10-15(26)22-13-6-4-12(20)5-7-13/h3-7,11,14H,1,8-10H2,2H3,(H,21,28)(H,22,26). The van der Waals surface area contributed by atoms with Gasteiger partial charge in [-0.2, -0.15) is 0 Å². The van der Waals surface area contributed by atoms with Crippen molar-refractivity contribution in [1.29, 1.82) is 0 Å². The number of amides is 4. The molecule has 11 heteroatoms. The van der Waals surface area contributed by atoms with Crippen molar-refractivity contribution in [3.8, 4) is 0 Å². The molecule has 1 aromatic carbocycles. The van der Waals surface area contributed by atoms with E-state index in [1.807, 2.05) is 0 Å². The molecule has 2 heterocycles. The van der Waals surface area contributed by atoms with Crippen molar-refractivity contribution in [2.24, 2.45) is 5.92 Å². The SMILES string of the molecule is C=CCN1C(=O)NC(C)C(Cc2nnc(SCC(=O)Nc3ccc(Cl)cc3)o2)C1=O. The summed E-state index contributed by atoms with van der Waals surface area (Å²) in [7, 11) is 0. The van der Waals surface area contributed by atoms with Crippen LogP contribution in [0.25, 0.3) is 0 Å². The molecule has 0 radical (unpaired) electrons. The van der Waals surface area contributed by atoms with Gasteiger partial charge in [-0.05, 0) is 31.2 Å². The molecule has 2 N–H and O–H groups in total. The second kappa shape index (κ2) is 9.77. The van der Waals surface area contributed by atoms with Crippen molar-refractivity contribution in [3.63, 3.8) is 0 Å². The van der Waals surface area contributed by atoms with Gasteiger partial charge in [-0.3, -0.25) is 14.5 Å². The smallest absolute Gasteiger partial charge is 0.324 e. The van der Waals surface area contributed by atoms with E-state index in [2.05, 4.69) is 27.4 Å². The van der Waals surface area contributed by atoms with Crippen LogP contribution in [0.5, 0.6) is 0 Å². The summed E-state index contributed by atoms with van der Waals surface area (Å²) in [5.74, 6) is -0.752. The molecular formula is C19H20ClN5O4S. The monoisotopic (exact) mass is 449 g/mol. The average Bonchev–Trinajstić information content (AvgIpc) is 3.16. The molecule has 0 spiro atoms. The summed E-state index contributed by atoms with van der Waals surface area (Å²) in [5, 5.41) is 14.2. The molecule has 0 bridgehead atoms. The van der Waals surface area contributed by atoms with Gasteiger partial charge < -0.3 is 15.1 Å². The first-order valence-electron chi connectivity index (χ1n) is 9.10. The van der Waals surface area contributed by atoms with E-state index in [-0.39, 0.29) is 47.7 Å². The Balaban J connectivity index is 1.54. The number of carbonyl (C=O) groups is 3. The van der Waals surface area contributed by atoms with E-state index in [1.165, 1.54) is 6.08 Å². The maximum absolute atomic E-state index is 12.6. The van der Waals surface area contributed by atoms with Crippen LogP contribution in [0.4, 0.5) is 10.5 Å². The van der Waals surface area contributed by atoms with Crippen LogP contribution in [0.1, 0.15) is 12.8 Å². The lowest BCUT2D eigenvalue weighted by atomic mass is 9.93. The molecule has 0 saturated carbocycles. The second-order valence-corrected chi connectivity index (χ2v) is 7.95. The molecule has 30 heavy (non-hydrogen) atoms. The minimum Gasteiger partial charge on any atom is -0.416 e. The average molecular weight is 450 g/mol. The van der Waals surface area contributed by atoms with Crippen LogP contribution in [0.15, 0.2) is 46.6 Å². The van der Waals surface area contributed by atoms with Crippen LogP contribution < -0.4 is 10.6 Å². The van der Waals surface area contributed by atoms with Gasteiger partial charge in [-0.1, -0.05) is 29.4 Å². The number of imide groups is 1. The van der Waals surface area contributed by atoms with Gasteiger partial charge in [-0.15, -0.1) is 16.8 Å². The van der Waals surface area contributed by atoms with Gasteiger partial charge in [-0.25, -0.2) is 4.79 Å². The molecule has 3 rings (SSSR count). The second-order valence-electron chi connectivity index (χ2n) is 6.59. The molecule has 0 aliphatic carbocycles. The normalized spacial score (nSPS) is 18.8. The topological polar surface area (TPSA) is 117 Å². The van der Waals surface area contributed by atoms with Gasteiger partial charge in [0.05, 0.1) is 11.7 Å². The van der Waals surface area contributed by atoms with E-state index >= 15 is 0 Å². The van der Waals surface area contributed by atoms with E-state index in [4.69, 9.17) is 16.0 Å². The molecule has 4 amide bonds. The van der Waals surface area contributed by atoms with Crippen LogP contribution in [0.3, 0.4) is 0 Å². The zero-order valence-corrected chi connectivity index (χ0v) is 17.7.